The summed E-state index contributed by atoms with van der Waals surface area (Å²) < 4.78 is 12.8. The molecule has 5 N–H and O–H groups in total. The Labute approximate surface area is 284 Å². The minimum absolute atomic E-state index is 0.191. The van der Waals surface area contributed by atoms with Crippen molar-refractivity contribution in [2.75, 3.05) is 29.6 Å². The van der Waals surface area contributed by atoms with Crippen molar-refractivity contribution in [2.24, 2.45) is 5.92 Å². The summed E-state index contributed by atoms with van der Waals surface area (Å²) in [6.45, 7) is 15.6. The average Bonchev–Trinajstić information content (AvgIpc) is 3.44. The summed E-state index contributed by atoms with van der Waals surface area (Å²) in [6, 6.07) is 18.3. The Morgan fingerprint density at radius 1 is 0.936 bits per heavy atom. The largest absolute Gasteiger partial charge is 0.456 e. The topological polar surface area (TPSA) is 132 Å². The fraction of sp³-hybridized carbons (Fsp3) is 0.432. The summed E-state index contributed by atoms with van der Waals surface area (Å²) in [5.41, 5.74) is 10.1. The number of carbonyl (C=O) groups is 3. The third-order valence-electron chi connectivity index (χ3n) is 7.20. The fourth-order valence-electron chi connectivity index (χ4n) is 5.30. The van der Waals surface area contributed by atoms with Crippen LogP contribution in [-0.4, -0.2) is 42.3 Å². The highest BCUT2D eigenvalue weighted by Gasteiger charge is 2.49. The van der Waals surface area contributed by atoms with Gasteiger partial charge in [-0.2, -0.15) is 11.8 Å². The summed E-state index contributed by atoms with van der Waals surface area (Å²) >= 11 is 1.86. The van der Waals surface area contributed by atoms with E-state index in [1.165, 1.54) is 12.7 Å². The second kappa shape index (κ2) is 19.0. The highest BCUT2D eigenvalue weighted by atomic mass is 32.2. The zero-order chi connectivity index (χ0) is 35.1. The van der Waals surface area contributed by atoms with Gasteiger partial charge in [0.2, 0.25) is 17.7 Å². The maximum Gasteiger partial charge on any atom is 0.243 e. The van der Waals surface area contributed by atoms with Gasteiger partial charge in [-0.1, -0.05) is 72.7 Å². The third-order valence-corrected chi connectivity index (χ3v) is 7.78. The van der Waals surface area contributed by atoms with Crippen LogP contribution in [0.4, 0.5) is 11.4 Å². The van der Waals surface area contributed by atoms with Gasteiger partial charge in [0, 0.05) is 41.6 Å². The summed E-state index contributed by atoms with van der Waals surface area (Å²) in [5.74, 6) is 1.43. The maximum absolute atomic E-state index is 12.7. The first-order valence-electron chi connectivity index (χ1n) is 16.4. The molecule has 47 heavy (non-hydrogen) atoms. The van der Waals surface area contributed by atoms with Gasteiger partial charge in [0.1, 0.15) is 17.5 Å². The van der Waals surface area contributed by atoms with Crippen molar-refractivity contribution >= 4 is 40.9 Å². The van der Waals surface area contributed by atoms with Crippen LogP contribution in [0.1, 0.15) is 84.1 Å². The molecule has 1 spiro atoms. The summed E-state index contributed by atoms with van der Waals surface area (Å²) in [6.07, 6.45) is 2.56. The molecular formula is C37H52N4O5S. The lowest BCUT2D eigenvalue weighted by atomic mass is 9.77. The monoisotopic (exact) mass is 664 g/mol. The van der Waals surface area contributed by atoms with Crippen LogP contribution in [0.25, 0.3) is 0 Å². The first-order chi connectivity index (χ1) is 22.6. The molecule has 3 aromatic carbocycles. The molecule has 0 saturated carbocycles. The molecule has 2 atom stereocenters. The number of nitrogens with one attached hydrogen (secondary N) is 3. The van der Waals surface area contributed by atoms with E-state index in [-0.39, 0.29) is 18.4 Å². The third kappa shape index (κ3) is 9.74. The van der Waals surface area contributed by atoms with E-state index in [1.54, 1.807) is 18.2 Å². The zero-order valence-corrected chi connectivity index (χ0v) is 30.1. The molecule has 256 valence electrons. The van der Waals surface area contributed by atoms with E-state index >= 15 is 0 Å². The lowest BCUT2D eigenvalue weighted by Gasteiger charge is -2.37. The van der Waals surface area contributed by atoms with Gasteiger partial charge in [0.15, 0.2) is 5.60 Å². The Balaban J connectivity index is 0.000000878. The molecular weight excluding hydrogens is 612 g/mol. The van der Waals surface area contributed by atoms with Crippen molar-refractivity contribution < 1.29 is 23.9 Å². The summed E-state index contributed by atoms with van der Waals surface area (Å²) in [7, 11) is 0. The van der Waals surface area contributed by atoms with Crippen molar-refractivity contribution in [1.82, 2.24) is 10.6 Å². The number of benzene rings is 3. The molecule has 2 aliphatic heterocycles. The van der Waals surface area contributed by atoms with Crippen LogP contribution in [-0.2, 0) is 31.3 Å². The molecule has 0 saturated heterocycles. The van der Waals surface area contributed by atoms with E-state index in [9.17, 15) is 14.4 Å². The minimum Gasteiger partial charge on any atom is -0.456 e. The van der Waals surface area contributed by atoms with Gasteiger partial charge in [0.05, 0.1) is 13.2 Å². The first kappa shape index (κ1) is 39.2. The minimum atomic E-state index is -0.862. The van der Waals surface area contributed by atoms with Crippen molar-refractivity contribution in [3.05, 3.63) is 82.9 Å². The molecule has 5 rings (SSSR count). The van der Waals surface area contributed by atoms with Crippen LogP contribution in [0.3, 0.4) is 0 Å². The normalized spacial score (nSPS) is 15.4. The quantitative estimate of drug-likeness (QED) is 0.187. The van der Waals surface area contributed by atoms with Crippen molar-refractivity contribution in [1.29, 1.82) is 0 Å². The van der Waals surface area contributed by atoms with Crippen LogP contribution >= 0.6 is 11.8 Å². The molecule has 0 bridgehead atoms. The number of ether oxygens (including phenoxy) is 2. The van der Waals surface area contributed by atoms with Crippen molar-refractivity contribution in [3.8, 4) is 11.5 Å². The number of anilines is 2. The maximum atomic E-state index is 12.7. The molecule has 3 aromatic rings. The predicted molar refractivity (Wildman–Crippen MR) is 194 cm³/mol. The average molecular weight is 665 g/mol. The predicted octanol–water partition coefficient (Wildman–Crippen LogP) is 7.22. The molecule has 10 heteroatoms. The molecule has 0 aliphatic carbocycles. The van der Waals surface area contributed by atoms with Crippen LogP contribution in [0, 0.1) is 5.92 Å². The van der Waals surface area contributed by atoms with Gasteiger partial charge in [-0.3, -0.25) is 14.4 Å². The second-order valence-electron chi connectivity index (χ2n) is 10.9. The van der Waals surface area contributed by atoms with Crippen LogP contribution in [0.2, 0.25) is 0 Å². The summed E-state index contributed by atoms with van der Waals surface area (Å²) in [5, 5.41) is 8.07. The molecule has 3 amide bonds. The number of amides is 3. The standard InChI is InChI=1S/C30H32N4O5.C3H8S.2C2H6/c1-17(2)12-25(33-18(3)35)29(37)32-15-28(36)34-21-9-11-24-27(14-21)39-26-13-20(31)8-10-23(26)30(24)22-7-5-4-6-19(22)16-38-30;1-3-4-2;2*1-2/h4-11,13-14,17,25H,12,15-16,31H2,1-3H3,(H,32,37)(H,33,35)(H,34,36);3H2,1-2H3;2*1-2H3. The van der Waals surface area contributed by atoms with Gasteiger partial charge in [0.25, 0.3) is 0 Å². The Morgan fingerprint density at radius 3 is 2.17 bits per heavy atom. The number of hydrogen-bond donors (Lipinski definition) is 4. The Morgan fingerprint density at radius 2 is 1.55 bits per heavy atom. The molecule has 2 aliphatic rings. The van der Waals surface area contributed by atoms with E-state index in [4.69, 9.17) is 15.2 Å². The Hall–Kier alpha value is -4.02. The number of rotatable bonds is 8. The Bertz CT molecular complexity index is 1490. The number of nitrogens with two attached hydrogens (primary N) is 1. The van der Waals surface area contributed by atoms with Crippen molar-refractivity contribution in [2.45, 2.75) is 80.1 Å². The first-order valence-corrected chi connectivity index (χ1v) is 17.8. The van der Waals surface area contributed by atoms with E-state index in [0.717, 1.165) is 22.3 Å². The van der Waals surface area contributed by atoms with Crippen LogP contribution in [0.15, 0.2) is 60.7 Å². The van der Waals surface area contributed by atoms with Gasteiger partial charge in [-0.05, 0) is 59.7 Å². The van der Waals surface area contributed by atoms with E-state index in [2.05, 4.69) is 41.3 Å². The molecule has 0 aromatic heterocycles. The molecule has 0 radical (unpaired) electrons. The zero-order valence-electron chi connectivity index (χ0n) is 29.3. The molecule has 2 heterocycles. The van der Waals surface area contributed by atoms with E-state index < -0.39 is 23.5 Å². The van der Waals surface area contributed by atoms with Gasteiger partial charge in [-0.25, -0.2) is 0 Å². The smallest absolute Gasteiger partial charge is 0.243 e. The number of carbonyl (C=O) groups excluding carboxylic acids is 3. The van der Waals surface area contributed by atoms with E-state index in [1.807, 2.05) is 83.6 Å². The number of thioether (sulfide) groups is 1. The number of nitrogen functional groups attached to an aromatic ring is 1. The van der Waals surface area contributed by atoms with Crippen LogP contribution < -0.4 is 26.4 Å². The second-order valence-corrected chi connectivity index (χ2v) is 12.1. The lowest BCUT2D eigenvalue weighted by Crippen LogP contribution is -2.48. The van der Waals surface area contributed by atoms with Crippen molar-refractivity contribution in [3.63, 3.8) is 0 Å². The summed E-state index contributed by atoms with van der Waals surface area (Å²) in [4.78, 5) is 36.8. The van der Waals surface area contributed by atoms with Crippen LogP contribution in [0.5, 0.6) is 11.5 Å². The van der Waals surface area contributed by atoms with E-state index in [0.29, 0.717) is 35.9 Å². The Kier molecular flexibility index (Phi) is 15.8. The highest BCUT2D eigenvalue weighted by Crippen LogP contribution is 2.56. The SMILES string of the molecule is CC.CC.CC(=O)NC(CC(C)C)C(=O)NCC(=O)Nc1ccc2c(c1)Oc1cc(N)ccc1C21OCc2ccccc21.CCSC. The molecule has 9 nitrogen and oxygen atoms in total. The van der Waals surface area contributed by atoms with Gasteiger partial charge < -0.3 is 31.2 Å². The van der Waals surface area contributed by atoms with Gasteiger partial charge >= 0.3 is 0 Å². The number of fused-ring (bicyclic) bond motifs is 6. The van der Waals surface area contributed by atoms with Gasteiger partial charge in [-0.15, -0.1) is 0 Å². The molecule has 2 unspecified atom stereocenters. The number of hydrogen-bond acceptors (Lipinski definition) is 7. The lowest BCUT2D eigenvalue weighted by molar-refractivity contribution is -0.129. The fourth-order valence-corrected chi connectivity index (χ4v) is 5.30. The molecule has 0 fully saturated rings. The highest BCUT2D eigenvalue weighted by molar-refractivity contribution is 7.98.